The third kappa shape index (κ3) is 2.84. The van der Waals surface area contributed by atoms with Gasteiger partial charge in [-0.1, -0.05) is 23.4 Å². The van der Waals surface area contributed by atoms with Gasteiger partial charge in [-0.25, -0.2) is 4.68 Å². The van der Waals surface area contributed by atoms with E-state index in [9.17, 15) is 0 Å². The van der Waals surface area contributed by atoms with Gasteiger partial charge in [0.05, 0.1) is 11.3 Å². The number of furan rings is 1. The van der Waals surface area contributed by atoms with Crippen molar-refractivity contribution in [2.75, 3.05) is 6.61 Å². The molecule has 1 fully saturated rings. The Morgan fingerprint density at radius 2 is 2.12 bits per heavy atom. The molecule has 4 rings (SSSR count). The second-order valence-electron chi connectivity index (χ2n) is 7.29. The third-order valence-corrected chi connectivity index (χ3v) is 4.92. The van der Waals surface area contributed by atoms with Crippen LogP contribution < -0.4 is 0 Å². The summed E-state index contributed by atoms with van der Waals surface area (Å²) in [5, 5.41) is 9.88. The molecule has 0 spiro atoms. The van der Waals surface area contributed by atoms with E-state index in [4.69, 9.17) is 9.15 Å². The molecule has 1 atom stereocenters. The van der Waals surface area contributed by atoms with E-state index in [-0.39, 0.29) is 5.60 Å². The smallest absolute Gasteiger partial charge is 0.134 e. The van der Waals surface area contributed by atoms with Gasteiger partial charge in [-0.05, 0) is 39.7 Å². The summed E-state index contributed by atoms with van der Waals surface area (Å²) in [5.74, 6) is 1.36. The molecule has 0 radical (unpaired) electrons. The lowest BCUT2D eigenvalue weighted by molar-refractivity contribution is -0.0597. The van der Waals surface area contributed by atoms with Gasteiger partial charge >= 0.3 is 0 Å². The van der Waals surface area contributed by atoms with Crippen LogP contribution in [0.3, 0.4) is 0 Å². The molecule has 24 heavy (non-hydrogen) atoms. The van der Waals surface area contributed by atoms with Crippen molar-refractivity contribution in [3.05, 3.63) is 47.5 Å². The Labute approximate surface area is 141 Å². The monoisotopic (exact) mass is 325 g/mol. The number of hydrogen-bond donors (Lipinski definition) is 0. The van der Waals surface area contributed by atoms with Gasteiger partial charge in [-0.3, -0.25) is 0 Å². The molecule has 0 aliphatic carbocycles. The van der Waals surface area contributed by atoms with Crippen LogP contribution in [0.25, 0.3) is 11.0 Å². The fraction of sp³-hybridized carbons (Fsp3) is 0.474. The van der Waals surface area contributed by atoms with Crippen LogP contribution in [0.1, 0.15) is 49.6 Å². The van der Waals surface area contributed by atoms with Crippen LogP contribution in [0.15, 0.2) is 34.9 Å². The van der Waals surface area contributed by atoms with E-state index >= 15 is 0 Å². The van der Waals surface area contributed by atoms with Crippen molar-refractivity contribution in [2.45, 2.75) is 51.7 Å². The first-order valence-electron chi connectivity index (χ1n) is 8.53. The summed E-state index contributed by atoms with van der Waals surface area (Å²) in [6.45, 7) is 7.77. The molecule has 2 aromatic heterocycles. The minimum absolute atomic E-state index is 0.0813. The Morgan fingerprint density at radius 3 is 2.92 bits per heavy atom. The average Bonchev–Trinajstić information content (AvgIpc) is 3.13. The van der Waals surface area contributed by atoms with Crippen molar-refractivity contribution in [3.8, 4) is 0 Å². The number of fused-ring (bicyclic) bond motifs is 1. The second kappa shape index (κ2) is 5.74. The van der Waals surface area contributed by atoms with Crippen LogP contribution in [0.5, 0.6) is 0 Å². The molecule has 1 aliphatic rings. The lowest BCUT2D eigenvalue weighted by atomic mass is 9.86. The number of ether oxygens (including phenoxy) is 1. The van der Waals surface area contributed by atoms with Gasteiger partial charge in [0.2, 0.25) is 0 Å². The predicted octanol–water partition coefficient (Wildman–Crippen LogP) is 4.05. The number of para-hydroxylation sites is 1. The average molecular weight is 325 g/mol. The third-order valence-electron chi connectivity index (χ3n) is 4.92. The lowest BCUT2D eigenvalue weighted by Crippen LogP contribution is -2.33. The van der Waals surface area contributed by atoms with Gasteiger partial charge < -0.3 is 9.15 Å². The van der Waals surface area contributed by atoms with Gasteiger partial charge in [0, 0.05) is 29.7 Å². The molecule has 1 aliphatic heterocycles. The van der Waals surface area contributed by atoms with Crippen molar-refractivity contribution in [3.63, 3.8) is 0 Å². The van der Waals surface area contributed by atoms with Crippen LogP contribution >= 0.6 is 0 Å². The fourth-order valence-electron chi connectivity index (χ4n) is 3.58. The van der Waals surface area contributed by atoms with E-state index in [1.54, 1.807) is 0 Å². The summed E-state index contributed by atoms with van der Waals surface area (Å²) in [6.07, 6.45) is 4.04. The Kier molecular flexibility index (Phi) is 3.68. The maximum absolute atomic E-state index is 5.98. The lowest BCUT2D eigenvalue weighted by Gasteiger charge is -2.34. The standard InChI is InChI=1S/C19H23N3O2/c1-13-15-6-4-5-7-17(15)24-18(13)12-22-11-16(20-21-22)14-8-9-23-19(2,3)10-14/h4-7,11,14H,8-10,12H2,1-3H3/t14-/m1/s1. The molecule has 3 heterocycles. The van der Waals surface area contributed by atoms with Crippen molar-refractivity contribution in [1.29, 1.82) is 0 Å². The largest absolute Gasteiger partial charge is 0.459 e. The summed E-state index contributed by atoms with van der Waals surface area (Å²) < 4.78 is 13.7. The highest BCUT2D eigenvalue weighted by Gasteiger charge is 2.31. The van der Waals surface area contributed by atoms with Crippen molar-refractivity contribution < 1.29 is 9.15 Å². The normalized spacial score (nSPS) is 20.5. The first-order chi connectivity index (χ1) is 11.5. The Morgan fingerprint density at radius 1 is 1.29 bits per heavy atom. The molecular formula is C19H23N3O2. The molecule has 0 N–H and O–H groups in total. The summed E-state index contributed by atoms with van der Waals surface area (Å²) in [5.41, 5.74) is 3.08. The van der Waals surface area contributed by atoms with Crippen LogP contribution in [0, 0.1) is 6.92 Å². The minimum atomic E-state index is -0.0813. The SMILES string of the molecule is Cc1c(Cn2cc([C@@H]3CCOC(C)(C)C3)nn2)oc2ccccc12. The van der Waals surface area contributed by atoms with E-state index in [0.29, 0.717) is 12.5 Å². The molecule has 5 nitrogen and oxygen atoms in total. The summed E-state index contributed by atoms with van der Waals surface area (Å²) >= 11 is 0. The number of hydrogen-bond acceptors (Lipinski definition) is 4. The molecule has 0 amide bonds. The van der Waals surface area contributed by atoms with E-state index in [0.717, 1.165) is 36.5 Å². The van der Waals surface area contributed by atoms with E-state index in [2.05, 4.69) is 43.3 Å². The van der Waals surface area contributed by atoms with Gasteiger partial charge in [0.1, 0.15) is 17.9 Å². The van der Waals surface area contributed by atoms with E-state index in [1.165, 1.54) is 10.9 Å². The first-order valence-corrected chi connectivity index (χ1v) is 8.53. The number of aryl methyl sites for hydroxylation is 1. The highest BCUT2D eigenvalue weighted by Crippen LogP contribution is 2.34. The number of aromatic nitrogens is 3. The topological polar surface area (TPSA) is 53.1 Å². The Bertz CT molecular complexity index is 863. The summed E-state index contributed by atoms with van der Waals surface area (Å²) in [7, 11) is 0. The molecule has 0 unspecified atom stereocenters. The number of nitrogens with zero attached hydrogens (tertiary/aromatic N) is 3. The van der Waals surface area contributed by atoms with Crippen LogP contribution in [-0.4, -0.2) is 27.2 Å². The van der Waals surface area contributed by atoms with Crippen LogP contribution in [-0.2, 0) is 11.3 Å². The number of benzene rings is 1. The fourth-order valence-corrected chi connectivity index (χ4v) is 3.58. The highest BCUT2D eigenvalue weighted by atomic mass is 16.5. The Hall–Kier alpha value is -2.14. The highest BCUT2D eigenvalue weighted by molar-refractivity contribution is 5.81. The minimum Gasteiger partial charge on any atom is -0.459 e. The molecule has 0 saturated carbocycles. The van der Waals surface area contributed by atoms with E-state index < -0.39 is 0 Å². The van der Waals surface area contributed by atoms with E-state index in [1.807, 2.05) is 22.9 Å². The van der Waals surface area contributed by atoms with Gasteiger partial charge in [0.15, 0.2) is 0 Å². The second-order valence-corrected chi connectivity index (χ2v) is 7.29. The molecule has 0 bridgehead atoms. The zero-order valence-corrected chi connectivity index (χ0v) is 14.5. The van der Waals surface area contributed by atoms with Crippen LogP contribution in [0.2, 0.25) is 0 Å². The Balaban J connectivity index is 1.55. The van der Waals surface area contributed by atoms with Gasteiger partial charge in [-0.15, -0.1) is 5.10 Å². The molecule has 126 valence electrons. The van der Waals surface area contributed by atoms with Crippen molar-refractivity contribution in [2.24, 2.45) is 0 Å². The maximum Gasteiger partial charge on any atom is 0.134 e. The maximum atomic E-state index is 5.98. The van der Waals surface area contributed by atoms with Gasteiger partial charge in [-0.2, -0.15) is 0 Å². The molecule has 5 heteroatoms. The van der Waals surface area contributed by atoms with Crippen LogP contribution in [0.4, 0.5) is 0 Å². The summed E-state index contributed by atoms with van der Waals surface area (Å²) in [4.78, 5) is 0. The zero-order valence-electron chi connectivity index (χ0n) is 14.5. The number of rotatable bonds is 3. The van der Waals surface area contributed by atoms with Gasteiger partial charge in [0.25, 0.3) is 0 Å². The summed E-state index contributed by atoms with van der Waals surface area (Å²) in [6, 6.07) is 8.13. The quantitative estimate of drug-likeness (QED) is 0.729. The molecule has 1 saturated heterocycles. The van der Waals surface area contributed by atoms with Crippen molar-refractivity contribution in [1.82, 2.24) is 15.0 Å². The first kappa shape index (κ1) is 15.4. The van der Waals surface area contributed by atoms with Crippen molar-refractivity contribution >= 4 is 11.0 Å². The molecule has 1 aromatic carbocycles. The predicted molar refractivity (Wildman–Crippen MR) is 92.1 cm³/mol. The molecular weight excluding hydrogens is 302 g/mol. The molecule has 3 aromatic rings. The zero-order chi connectivity index (χ0) is 16.7.